The van der Waals surface area contributed by atoms with E-state index in [-0.39, 0.29) is 18.0 Å². The fourth-order valence-electron chi connectivity index (χ4n) is 6.24. The van der Waals surface area contributed by atoms with Gasteiger partial charge in [-0.05, 0) is 75.1 Å². The molecule has 2 fully saturated rings. The van der Waals surface area contributed by atoms with Crippen LogP contribution in [0.4, 0.5) is 8.78 Å². The first-order valence-corrected chi connectivity index (χ1v) is 13.2. The normalized spacial score (nSPS) is 27.4. The molecule has 0 N–H and O–H groups in total. The Bertz CT molecular complexity index is 1050. The van der Waals surface area contributed by atoms with E-state index in [0.717, 1.165) is 70.2 Å². The molecule has 1 amide bonds. The molecule has 36 heavy (non-hydrogen) atoms. The summed E-state index contributed by atoms with van der Waals surface area (Å²) in [4.78, 5) is 30.6. The summed E-state index contributed by atoms with van der Waals surface area (Å²) in [6, 6.07) is 4.73. The number of amides is 1. The third-order valence-corrected chi connectivity index (χ3v) is 8.52. The highest BCUT2D eigenvalue weighted by Crippen LogP contribution is 2.47. The Morgan fingerprint density at radius 1 is 1.14 bits per heavy atom. The van der Waals surface area contributed by atoms with Gasteiger partial charge in [-0.25, -0.2) is 13.6 Å². The molecule has 8 heteroatoms. The van der Waals surface area contributed by atoms with Crippen molar-refractivity contribution in [2.75, 3.05) is 39.4 Å². The zero-order valence-electron chi connectivity index (χ0n) is 21.3. The number of carbonyl (C=O) groups excluding carboxylic acids is 2. The smallest absolute Gasteiger partial charge is 0.335 e. The van der Waals surface area contributed by atoms with Gasteiger partial charge in [-0.15, -0.1) is 0 Å². The highest BCUT2D eigenvalue weighted by atomic mass is 19.3. The van der Waals surface area contributed by atoms with Crippen molar-refractivity contribution in [3.63, 3.8) is 0 Å². The summed E-state index contributed by atoms with van der Waals surface area (Å²) < 4.78 is 39.2. The van der Waals surface area contributed by atoms with Crippen molar-refractivity contribution in [1.82, 2.24) is 9.80 Å². The van der Waals surface area contributed by atoms with Gasteiger partial charge in [-0.2, -0.15) is 0 Å². The van der Waals surface area contributed by atoms with Gasteiger partial charge in [0.05, 0.1) is 18.8 Å². The van der Waals surface area contributed by atoms with Crippen LogP contribution in [-0.4, -0.2) is 66.7 Å². The second-order valence-electron chi connectivity index (χ2n) is 10.9. The van der Waals surface area contributed by atoms with Crippen LogP contribution in [0.3, 0.4) is 0 Å². The van der Waals surface area contributed by atoms with Crippen molar-refractivity contribution in [3.8, 4) is 0 Å². The van der Waals surface area contributed by atoms with E-state index in [1.54, 1.807) is 17.9 Å². The molecule has 1 spiro atoms. The van der Waals surface area contributed by atoms with Crippen LogP contribution < -0.4 is 0 Å². The summed E-state index contributed by atoms with van der Waals surface area (Å²) in [5.41, 5.74) is 1.72. The number of benzene rings is 1. The fraction of sp³-hybridized carbons (Fsp3) is 0.643. The first-order chi connectivity index (χ1) is 17.2. The van der Waals surface area contributed by atoms with Gasteiger partial charge in [-0.3, -0.25) is 9.69 Å². The number of nitrogens with zero attached hydrogens (tertiary/aromatic N) is 2. The molecule has 5 rings (SSSR count). The van der Waals surface area contributed by atoms with Crippen molar-refractivity contribution >= 4 is 11.9 Å². The van der Waals surface area contributed by atoms with Crippen molar-refractivity contribution in [2.24, 2.45) is 5.92 Å². The van der Waals surface area contributed by atoms with Crippen molar-refractivity contribution in [3.05, 3.63) is 46.0 Å². The molecule has 0 radical (unpaired) electrons. The maximum Gasteiger partial charge on any atom is 0.335 e. The summed E-state index contributed by atoms with van der Waals surface area (Å²) >= 11 is 0. The van der Waals surface area contributed by atoms with E-state index in [1.807, 2.05) is 0 Å². The Morgan fingerprint density at radius 2 is 1.86 bits per heavy atom. The van der Waals surface area contributed by atoms with Crippen LogP contribution in [-0.2, 0) is 38.0 Å². The maximum absolute atomic E-state index is 13.9. The van der Waals surface area contributed by atoms with Crippen LogP contribution in [0.5, 0.6) is 0 Å². The molecular formula is C28H36F2N2O4. The molecule has 0 aromatic heterocycles. The average molecular weight is 503 g/mol. The van der Waals surface area contributed by atoms with Crippen LogP contribution in [0.15, 0.2) is 29.3 Å². The first-order valence-electron chi connectivity index (χ1n) is 13.2. The largest absolute Gasteiger partial charge is 0.451 e. The average Bonchev–Trinajstić information content (AvgIpc) is 3.11. The molecule has 0 unspecified atom stereocenters. The standard InChI is InChI=1S/C28H36F2N2O4/c1-19-24(25(33)32-12-8-21-3-4-23(27(2,29)30)17-22(21)18-32)28(36-26(19)34)9-5-20(6-10-28)7-11-31-13-15-35-16-14-31/h3-4,17,20H,5-16,18H2,1-2H3. The monoisotopic (exact) mass is 502 g/mol. The molecular weight excluding hydrogens is 466 g/mol. The minimum Gasteiger partial charge on any atom is -0.451 e. The van der Waals surface area contributed by atoms with Gasteiger partial charge in [0.25, 0.3) is 11.8 Å². The molecule has 6 nitrogen and oxygen atoms in total. The number of halogens is 2. The number of hydrogen-bond donors (Lipinski definition) is 0. The molecule has 1 saturated carbocycles. The van der Waals surface area contributed by atoms with Gasteiger partial charge >= 0.3 is 5.97 Å². The Kier molecular flexibility index (Phi) is 6.94. The van der Waals surface area contributed by atoms with Gasteiger partial charge in [0.1, 0.15) is 5.60 Å². The topological polar surface area (TPSA) is 59.1 Å². The van der Waals surface area contributed by atoms with Crippen LogP contribution in [0.1, 0.15) is 62.6 Å². The van der Waals surface area contributed by atoms with Crippen molar-refractivity contribution < 1.29 is 27.8 Å². The molecule has 1 aliphatic carbocycles. The molecule has 1 saturated heterocycles. The van der Waals surface area contributed by atoms with Gasteiger partial charge in [-0.1, -0.05) is 12.1 Å². The number of rotatable bonds is 5. The Morgan fingerprint density at radius 3 is 2.56 bits per heavy atom. The van der Waals surface area contributed by atoms with Crippen molar-refractivity contribution in [1.29, 1.82) is 0 Å². The minimum absolute atomic E-state index is 0.0443. The number of esters is 1. The molecule has 0 bridgehead atoms. The maximum atomic E-state index is 13.9. The number of hydrogen-bond acceptors (Lipinski definition) is 5. The van der Waals surface area contributed by atoms with E-state index in [2.05, 4.69) is 4.90 Å². The Labute approximate surface area is 211 Å². The van der Waals surface area contributed by atoms with Crippen LogP contribution in [0.25, 0.3) is 0 Å². The quantitative estimate of drug-likeness (QED) is 0.565. The predicted molar refractivity (Wildman–Crippen MR) is 130 cm³/mol. The SMILES string of the molecule is CC1=C(C(=O)N2CCc3ccc(C(C)(F)F)cc3C2)C2(CCC(CCN3CCOCC3)CC2)OC1=O. The van der Waals surface area contributed by atoms with E-state index >= 15 is 0 Å². The lowest BCUT2D eigenvalue weighted by Crippen LogP contribution is -2.45. The highest BCUT2D eigenvalue weighted by molar-refractivity contribution is 6.07. The second kappa shape index (κ2) is 9.86. The van der Waals surface area contributed by atoms with Gasteiger partial charge in [0, 0.05) is 44.2 Å². The number of fused-ring (bicyclic) bond motifs is 1. The van der Waals surface area contributed by atoms with E-state index in [0.29, 0.717) is 42.9 Å². The van der Waals surface area contributed by atoms with E-state index in [9.17, 15) is 18.4 Å². The van der Waals surface area contributed by atoms with Crippen LogP contribution in [0, 0.1) is 5.92 Å². The lowest BCUT2D eigenvalue weighted by molar-refractivity contribution is -0.151. The summed E-state index contributed by atoms with van der Waals surface area (Å²) in [5, 5.41) is 0. The molecule has 0 atom stereocenters. The lowest BCUT2D eigenvalue weighted by atomic mass is 9.73. The first kappa shape index (κ1) is 25.3. The number of carbonyl (C=O) groups is 2. The third-order valence-electron chi connectivity index (χ3n) is 8.52. The molecule has 3 aliphatic heterocycles. The van der Waals surface area contributed by atoms with Gasteiger partial charge in [0.2, 0.25) is 0 Å². The Hall–Kier alpha value is -2.32. The minimum atomic E-state index is -2.93. The van der Waals surface area contributed by atoms with E-state index in [1.165, 1.54) is 12.1 Å². The van der Waals surface area contributed by atoms with Gasteiger partial charge < -0.3 is 14.4 Å². The molecule has 1 aromatic carbocycles. The molecule has 4 aliphatic rings. The lowest BCUT2D eigenvalue weighted by Gasteiger charge is -2.40. The molecule has 196 valence electrons. The second-order valence-corrected chi connectivity index (χ2v) is 10.9. The number of morpholine rings is 1. The number of ether oxygens (including phenoxy) is 2. The summed E-state index contributed by atoms with van der Waals surface area (Å²) in [6.45, 7) is 7.92. The zero-order valence-corrected chi connectivity index (χ0v) is 21.3. The van der Waals surface area contributed by atoms with E-state index < -0.39 is 17.5 Å². The van der Waals surface area contributed by atoms with Crippen LogP contribution >= 0.6 is 0 Å². The summed E-state index contributed by atoms with van der Waals surface area (Å²) in [6.07, 6.45) is 4.85. The molecule has 3 heterocycles. The fourth-order valence-corrected chi connectivity index (χ4v) is 6.24. The molecule has 1 aromatic rings. The number of alkyl halides is 2. The zero-order chi connectivity index (χ0) is 25.5. The third kappa shape index (κ3) is 4.94. The highest BCUT2D eigenvalue weighted by Gasteiger charge is 2.52. The summed E-state index contributed by atoms with van der Waals surface area (Å²) in [7, 11) is 0. The van der Waals surface area contributed by atoms with Gasteiger partial charge in [0.15, 0.2) is 0 Å². The Balaban J connectivity index is 1.27. The van der Waals surface area contributed by atoms with E-state index in [4.69, 9.17) is 9.47 Å². The van der Waals surface area contributed by atoms with Crippen LogP contribution in [0.2, 0.25) is 0 Å². The summed E-state index contributed by atoms with van der Waals surface area (Å²) in [5.74, 6) is -2.98. The van der Waals surface area contributed by atoms with Crippen molar-refractivity contribution in [2.45, 2.75) is 70.4 Å². The predicted octanol–water partition coefficient (Wildman–Crippen LogP) is 4.21.